The van der Waals surface area contributed by atoms with Crippen LogP contribution in [0.15, 0.2) is 12.1 Å². The van der Waals surface area contributed by atoms with Crippen LogP contribution < -0.4 is 0 Å². The highest BCUT2D eigenvalue weighted by molar-refractivity contribution is 7.12. The molecule has 3 unspecified atom stereocenters. The van der Waals surface area contributed by atoms with Crippen LogP contribution in [0.4, 0.5) is 0 Å². The molecule has 2 heteroatoms. The molecule has 0 N–H and O–H groups in total. The van der Waals surface area contributed by atoms with Crippen molar-refractivity contribution in [3.8, 4) is 0 Å². The van der Waals surface area contributed by atoms with E-state index in [0.717, 1.165) is 0 Å². The zero-order chi connectivity index (χ0) is 10.1. The van der Waals surface area contributed by atoms with Gasteiger partial charge in [0.05, 0.1) is 12.2 Å². The smallest absolute Gasteiger partial charge is 0.0845 e. The van der Waals surface area contributed by atoms with Crippen LogP contribution in [0.2, 0.25) is 0 Å². The van der Waals surface area contributed by atoms with E-state index < -0.39 is 0 Å². The van der Waals surface area contributed by atoms with Crippen LogP contribution in [-0.2, 0) is 4.74 Å². The molecule has 1 aromatic heterocycles. The van der Waals surface area contributed by atoms with Crippen LogP contribution in [0.1, 0.15) is 42.4 Å². The minimum Gasteiger partial charge on any atom is -0.370 e. The highest BCUT2D eigenvalue weighted by Crippen LogP contribution is 2.36. The van der Waals surface area contributed by atoms with Gasteiger partial charge in [-0.2, -0.15) is 0 Å². The monoisotopic (exact) mass is 210 g/mol. The highest BCUT2D eigenvalue weighted by Gasteiger charge is 2.36. The molecular formula is C12H18OS. The fraction of sp³-hybridized carbons (Fsp3) is 0.667. The van der Waals surface area contributed by atoms with Gasteiger partial charge in [0, 0.05) is 9.75 Å². The molecule has 14 heavy (non-hydrogen) atoms. The number of ether oxygens (including phenoxy) is 1. The summed E-state index contributed by atoms with van der Waals surface area (Å²) in [5, 5.41) is 0. The van der Waals surface area contributed by atoms with E-state index in [-0.39, 0.29) is 0 Å². The minimum atomic E-state index is 0.505. The molecule has 0 saturated carbocycles. The maximum absolute atomic E-state index is 5.48. The molecule has 1 aliphatic rings. The fourth-order valence-electron chi connectivity index (χ4n) is 1.91. The normalized spacial score (nSPS) is 27.6. The number of hydrogen-bond donors (Lipinski definition) is 0. The van der Waals surface area contributed by atoms with Crippen LogP contribution >= 0.6 is 11.3 Å². The molecule has 1 nitrogen and oxygen atoms in total. The predicted octanol–water partition coefficient (Wildman–Crippen LogP) is 3.73. The number of rotatable bonds is 4. The zero-order valence-corrected chi connectivity index (χ0v) is 9.93. The summed E-state index contributed by atoms with van der Waals surface area (Å²) >= 11 is 1.94. The average molecular weight is 210 g/mol. The van der Waals surface area contributed by atoms with E-state index in [4.69, 9.17) is 4.74 Å². The quantitative estimate of drug-likeness (QED) is 0.690. The van der Waals surface area contributed by atoms with Crippen LogP contribution in [0.25, 0.3) is 0 Å². The standard InChI is InChI=1S/C12H18OS/c1-4-10(7-11-9(3)13-11)12-6-5-8(2)14-12/h5-6,9-11H,4,7H2,1-3H3. The van der Waals surface area contributed by atoms with Crippen molar-refractivity contribution < 1.29 is 4.74 Å². The number of thiophene rings is 1. The van der Waals surface area contributed by atoms with Crippen molar-refractivity contribution in [2.75, 3.05) is 0 Å². The third kappa shape index (κ3) is 2.18. The van der Waals surface area contributed by atoms with Gasteiger partial charge in [0.2, 0.25) is 0 Å². The second-order valence-electron chi connectivity index (χ2n) is 4.17. The van der Waals surface area contributed by atoms with Crippen molar-refractivity contribution in [3.63, 3.8) is 0 Å². The molecule has 0 radical (unpaired) electrons. The lowest BCUT2D eigenvalue weighted by atomic mass is 9.98. The van der Waals surface area contributed by atoms with Gasteiger partial charge in [-0.15, -0.1) is 11.3 Å². The third-order valence-electron chi connectivity index (χ3n) is 3.01. The van der Waals surface area contributed by atoms with Crippen LogP contribution in [0.3, 0.4) is 0 Å². The van der Waals surface area contributed by atoms with Gasteiger partial charge in [0.1, 0.15) is 0 Å². The lowest BCUT2D eigenvalue weighted by Gasteiger charge is -2.10. The van der Waals surface area contributed by atoms with Gasteiger partial charge in [-0.1, -0.05) is 6.92 Å². The molecule has 0 aliphatic carbocycles. The Balaban J connectivity index is 1.98. The molecular weight excluding hydrogens is 192 g/mol. The molecule has 78 valence electrons. The maximum Gasteiger partial charge on any atom is 0.0845 e. The molecule has 1 fully saturated rings. The second kappa shape index (κ2) is 4.03. The Morgan fingerprint density at radius 3 is 2.64 bits per heavy atom. The topological polar surface area (TPSA) is 12.5 Å². The lowest BCUT2D eigenvalue weighted by molar-refractivity contribution is 0.358. The van der Waals surface area contributed by atoms with Crippen LogP contribution in [0, 0.1) is 6.92 Å². The molecule has 0 spiro atoms. The summed E-state index contributed by atoms with van der Waals surface area (Å²) < 4.78 is 5.48. The lowest BCUT2D eigenvalue weighted by Crippen LogP contribution is -2.00. The number of aryl methyl sites for hydroxylation is 1. The summed E-state index contributed by atoms with van der Waals surface area (Å²) in [6, 6.07) is 4.50. The molecule has 1 saturated heterocycles. The Labute approximate surface area is 90.1 Å². The van der Waals surface area contributed by atoms with Gasteiger partial charge in [0.15, 0.2) is 0 Å². The molecule has 2 rings (SSSR count). The van der Waals surface area contributed by atoms with Gasteiger partial charge in [0.25, 0.3) is 0 Å². The Kier molecular flexibility index (Phi) is 2.93. The summed E-state index contributed by atoms with van der Waals surface area (Å²) in [5.41, 5.74) is 0. The molecule has 0 amide bonds. The minimum absolute atomic E-state index is 0.505. The largest absolute Gasteiger partial charge is 0.370 e. The number of epoxide rings is 1. The summed E-state index contributed by atoms with van der Waals surface area (Å²) in [7, 11) is 0. The molecule has 2 heterocycles. The predicted molar refractivity (Wildman–Crippen MR) is 61.0 cm³/mol. The van der Waals surface area contributed by atoms with Gasteiger partial charge in [-0.3, -0.25) is 0 Å². The Morgan fingerprint density at radius 2 is 2.21 bits per heavy atom. The van der Waals surface area contributed by atoms with Gasteiger partial charge < -0.3 is 4.74 Å². The molecule has 1 aromatic rings. The number of hydrogen-bond acceptors (Lipinski definition) is 2. The van der Waals surface area contributed by atoms with Crippen molar-refractivity contribution in [2.24, 2.45) is 0 Å². The Hall–Kier alpha value is -0.340. The first kappa shape index (κ1) is 10.2. The van der Waals surface area contributed by atoms with Crippen molar-refractivity contribution >= 4 is 11.3 Å². The van der Waals surface area contributed by atoms with Crippen LogP contribution in [0.5, 0.6) is 0 Å². The summed E-state index contributed by atoms with van der Waals surface area (Å²) in [5.74, 6) is 0.712. The van der Waals surface area contributed by atoms with Crippen molar-refractivity contribution in [1.29, 1.82) is 0 Å². The Bertz CT molecular complexity index is 305. The van der Waals surface area contributed by atoms with E-state index in [1.54, 1.807) is 0 Å². The molecule has 1 aliphatic heterocycles. The van der Waals surface area contributed by atoms with E-state index in [0.29, 0.717) is 18.1 Å². The maximum atomic E-state index is 5.48. The Morgan fingerprint density at radius 1 is 1.50 bits per heavy atom. The van der Waals surface area contributed by atoms with E-state index in [2.05, 4.69) is 32.9 Å². The molecule has 0 aromatic carbocycles. The molecule has 3 atom stereocenters. The fourth-order valence-corrected chi connectivity index (χ4v) is 2.99. The van der Waals surface area contributed by atoms with Crippen molar-refractivity contribution in [2.45, 2.75) is 51.7 Å². The first-order valence-corrected chi connectivity index (χ1v) is 6.24. The zero-order valence-electron chi connectivity index (χ0n) is 9.12. The SMILES string of the molecule is CCC(CC1OC1C)c1ccc(C)s1. The first-order valence-electron chi connectivity index (χ1n) is 5.42. The summed E-state index contributed by atoms with van der Waals surface area (Å²) in [6.45, 7) is 6.61. The van der Waals surface area contributed by atoms with Gasteiger partial charge in [-0.05, 0) is 44.7 Å². The van der Waals surface area contributed by atoms with E-state index in [1.807, 2.05) is 11.3 Å². The summed E-state index contributed by atoms with van der Waals surface area (Å²) in [6.07, 6.45) is 3.47. The van der Waals surface area contributed by atoms with Crippen molar-refractivity contribution in [1.82, 2.24) is 0 Å². The first-order chi connectivity index (χ1) is 6.70. The summed E-state index contributed by atoms with van der Waals surface area (Å²) in [4.78, 5) is 2.95. The van der Waals surface area contributed by atoms with Crippen LogP contribution in [-0.4, -0.2) is 12.2 Å². The van der Waals surface area contributed by atoms with Crippen molar-refractivity contribution in [3.05, 3.63) is 21.9 Å². The highest BCUT2D eigenvalue weighted by atomic mass is 32.1. The van der Waals surface area contributed by atoms with Gasteiger partial charge in [-0.25, -0.2) is 0 Å². The second-order valence-corrected chi connectivity index (χ2v) is 5.49. The molecule has 0 bridgehead atoms. The van der Waals surface area contributed by atoms with E-state index in [9.17, 15) is 0 Å². The third-order valence-corrected chi connectivity index (χ3v) is 4.17. The van der Waals surface area contributed by atoms with E-state index in [1.165, 1.54) is 22.6 Å². The average Bonchev–Trinajstić information content (AvgIpc) is 2.66. The van der Waals surface area contributed by atoms with E-state index >= 15 is 0 Å². The van der Waals surface area contributed by atoms with Gasteiger partial charge >= 0.3 is 0 Å².